The first-order valence-electron chi connectivity index (χ1n) is 9.28. The largest absolute Gasteiger partial charge is 0.370 e. The first-order chi connectivity index (χ1) is 14.4. The number of carbonyl (C=O) groups excluding carboxylic acids is 3. The number of nitrogens with two attached hydrogens (primary N) is 1. The van der Waals surface area contributed by atoms with Crippen LogP contribution in [0.1, 0.15) is 12.0 Å². The second-order valence-corrected chi connectivity index (χ2v) is 8.02. The molecule has 9 heteroatoms. The summed E-state index contributed by atoms with van der Waals surface area (Å²) < 4.78 is 0.947. The van der Waals surface area contributed by atoms with Gasteiger partial charge in [0, 0.05) is 29.5 Å². The van der Waals surface area contributed by atoms with Crippen molar-refractivity contribution in [3.05, 3.63) is 65.2 Å². The van der Waals surface area contributed by atoms with E-state index in [0.717, 1.165) is 15.6 Å². The molecule has 0 saturated heterocycles. The fourth-order valence-corrected chi connectivity index (χ4v) is 4.26. The van der Waals surface area contributed by atoms with Gasteiger partial charge in [0.25, 0.3) is 0 Å². The van der Waals surface area contributed by atoms with Gasteiger partial charge < -0.3 is 16.4 Å². The predicted octanol–water partition coefficient (Wildman–Crippen LogP) is 3.28. The molecular formula is C21H21ClN4O3S. The van der Waals surface area contributed by atoms with Crippen molar-refractivity contribution in [3.63, 3.8) is 0 Å². The molecule has 0 aliphatic rings. The van der Waals surface area contributed by atoms with E-state index >= 15 is 0 Å². The number of anilines is 1. The average molecular weight is 445 g/mol. The summed E-state index contributed by atoms with van der Waals surface area (Å²) in [6, 6.07) is 15.5. The first-order valence-corrected chi connectivity index (χ1v) is 10.5. The second kappa shape index (κ2) is 10.1. The SMILES string of the molecule is NC(=O)CCNC(=O)[C@H](Cc1ccccc1)NC(=O)Nc1sc2ccccc2c1Cl. The number of urea groups is 1. The molecule has 0 radical (unpaired) electrons. The lowest BCUT2D eigenvalue weighted by Gasteiger charge is -2.19. The van der Waals surface area contributed by atoms with Crippen LogP contribution in [0.4, 0.5) is 9.80 Å². The van der Waals surface area contributed by atoms with Gasteiger partial charge in [-0.15, -0.1) is 11.3 Å². The van der Waals surface area contributed by atoms with E-state index in [-0.39, 0.29) is 19.4 Å². The van der Waals surface area contributed by atoms with E-state index in [0.29, 0.717) is 10.0 Å². The third-order valence-electron chi connectivity index (χ3n) is 4.34. The molecule has 5 N–H and O–H groups in total. The molecule has 0 unspecified atom stereocenters. The van der Waals surface area contributed by atoms with Crippen molar-refractivity contribution in [3.8, 4) is 0 Å². The van der Waals surface area contributed by atoms with E-state index in [4.69, 9.17) is 17.3 Å². The molecule has 0 aliphatic heterocycles. The highest BCUT2D eigenvalue weighted by molar-refractivity contribution is 7.23. The van der Waals surface area contributed by atoms with Crippen LogP contribution in [0.2, 0.25) is 5.02 Å². The van der Waals surface area contributed by atoms with Crippen LogP contribution >= 0.6 is 22.9 Å². The third-order valence-corrected chi connectivity index (χ3v) is 5.93. The van der Waals surface area contributed by atoms with Crippen LogP contribution in [0.3, 0.4) is 0 Å². The third kappa shape index (κ3) is 5.71. The number of hydrogen-bond acceptors (Lipinski definition) is 4. The monoisotopic (exact) mass is 444 g/mol. The van der Waals surface area contributed by atoms with Crippen molar-refractivity contribution in [2.24, 2.45) is 5.73 Å². The van der Waals surface area contributed by atoms with E-state index in [1.54, 1.807) is 0 Å². The van der Waals surface area contributed by atoms with E-state index in [9.17, 15) is 14.4 Å². The maximum Gasteiger partial charge on any atom is 0.320 e. The van der Waals surface area contributed by atoms with Gasteiger partial charge in [0.05, 0.1) is 5.02 Å². The fraction of sp³-hybridized carbons (Fsp3) is 0.190. The zero-order valence-corrected chi connectivity index (χ0v) is 17.6. The van der Waals surface area contributed by atoms with Crippen molar-refractivity contribution >= 4 is 55.9 Å². The highest BCUT2D eigenvalue weighted by Crippen LogP contribution is 2.39. The summed E-state index contributed by atoms with van der Waals surface area (Å²) in [7, 11) is 0. The number of hydrogen-bond donors (Lipinski definition) is 4. The van der Waals surface area contributed by atoms with Crippen molar-refractivity contribution < 1.29 is 14.4 Å². The molecule has 3 rings (SSSR count). The van der Waals surface area contributed by atoms with E-state index < -0.39 is 23.9 Å². The number of amides is 4. The van der Waals surface area contributed by atoms with Crippen LogP contribution < -0.4 is 21.7 Å². The van der Waals surface area contributed by atoms with Crippen molar-refractivity contribution in [2.45, 2.75) is 18.9 Å². The minimum Gasteiger partial charge on any atom is -0.370 e. The van der Waals surface area contributed by atoms with Gasteiger partial charge in [-0.3, -0.25) is 14.9 Å². The lowest BCUT2D eigenvalue weighted by molar-refractivity contribution is -0.123. The Labute approximate surface area is 182 Å². The smallest absolute Gasteiger partial charge is 0.320 e. The molecule has 2 aromatic carbocycles. The Morgan fingerprint density at radius 2 is 1.73 bits per heavy atom. The molecule has 0 saturated carbocycles. The highest BCUT2D eigenvalue weighted by Gasteiger charge is 2.22. The zero-order valence-electron chi connectivity index (χ0n) is 16.0. The van der Waals surface area contributed by atoms with Gasteiger partial charge in [0.1, 0.15) is 11.0 Å². The Balaban J connectivity index is 1.70. The van der Waals surface area contributed by atoms with Crippen molar-refractivity contribution in [1.82, 2.24) is 10.6 Å². The van der Waals surface area contributed by atoms with Crippen LogP contribution in [-0.4, -0.2) is 30.4 Å². The number of halogens is 1. The van der Waals surface area contributed by atoms with Crippen molar-refractivity contribution in [1.29, 1.82) is 0 Å². The van der Waals surface area contributed by atoms with Crippen LogP contribution in [0.15, 0.2) is 54.6 Å². The van der Waals surface area contributed by atoms with Gasteiger partial charge >= 0.3 is 6.03 Å². The Bertz CT molecular complexity index is 1050. The summed E-state index contributed by atoms with van der Waals surface area (Å²) in [4.78, 5) is 36.1. The van der Waals surface area contributed by atoms with Gasteiger partial charge in [-0.05, 0) is 11.6 Å². The lowest BCUT2D eigenvalue weighted by atomic mass is 10.1. The second-order valence-electron chi connectivity index (χ2n) is 6.59. The summed E-state index contributed by atoms with van der Waals surface area (Å²) in [5.74, 6) is -0.919. The number of nitrogens with one attached hydrogen (secondary N) is 3. The number of rotatable bonds is 8. The van der Waals surface area contributed by atoms with Gasteiger partial charge in [-0.2, -0.15) is 0 Å². The van der Waals surface area contributed by atoms with Crippen LogP contribution in [0.5, 0.6) is 0 Å². The molecule has 1 atom stereocenters. The van der Waals surface area contributed by atoms with Crippen LogP contribution in [-0.2, 0) is 16.0 Å². The Morgan fingerprint density at radius 3 is 2.43 bits per heavy atom. The Morgan fingerprint density at radius 1 is 1.03 bits per heavy atom. The number of carbonyl (C=O) groups is 3. The first kappa shape index (κ1) is 21.6. The number of benzene rings is 2. The standard InChI is InChI=1S/C21H21ClN4O3S/c22-18-14-8-4-5-9-16(14)30-20(18)26-21(29)25-15(12-13-6-2-1-3-7-13)19(28)24-11-10-17(23)27/h1-9,15H,10-12H2,(H2,23,27)(H,24,28)(H2,25,26,29)/t15-/m0/s1. The fourth-order valence-electron chi connectivity index (χ4n) is 2.88. The zero-order chi connectivity index (χ0) is 21.5. The van der Waals surface area contributed by atoms with Gasteiger partial charge in [0.2, 0.25) is 11.8 Å². The molecule has 3 aromatic rings. The van der Waals surface area contributed by atoms with Gasteiger partial charge in [-0.1, -0.05) is 60.1 Å². The summed E-state index contributed by atoms with van der Waals surface area (Å²) in [5.41, 5.74) is 5.99. The maximum atomic E-state index is 12.6. The molecule has 0 bridgehead atoms. The number of fused-ring (bicyclic) bond motifs is 1. The Hall–Kier alpha value is -3.10. The molecule has 30 heavy (non-hydrogen) atoms. The van der Waals surface area contributed by atoms with Gasteiger partial charge in [-0.25, -0.2) is 4.79 Å². The summed E-state index contributed by atoms with van der Waals surface area (Å²) in [5, 5.41) is 9.86. The normalized spacial score (nSPS) is 11.6. The molecule has 0 fully saturated rings. The van der Waals surface area contributed by atoms with E-state index in [1.165, 1.54) is 11.3 Å². The van der Waals surface area contributed by atoms with Gasteiger partial charge in [0.15, 0.2) is 0 Å². The summed E-state index contributed by atoms with van der Waals surface area (Å²) >= 11 is 7.73. The predicted molar refractivity (Wildman–Crippen MR) is 120 cm³/mol. The van der Waals surface area contributed by atoms with E-state index in [2.05, 4.69) is 16.0 Å². The minimum absolute atomic E-state index is 0.0212. The van der Waals surface area contributed by atoms with Crippen LogP contribution in [0, 0.1) is 0 Å². The Kier molecular flexibility index (Phi) is 7.26. The molecule has 7 nitrogen and oxygen atoms in total. The molecule has 0 aliphatic carbocycles. The molecule has 156 valence electrons. The minimum atomic E-state index is -0.839. The average Bonchev–Trinajstić information content (AvgIpc) is 3.03. The molecule has 4 amide bonds. The maximum absolute atomic E-state index is 12.6. The quantitative estimate of drug-likeness (QED) is 0.427. The molecular weight excluding hydrogens is 424 g/mol. The molecule has 1 heterocycles. The summed E-state index contributed by atoms with van der Waals surface area (Å²) in [6.07, 6.45) is 0.310. The number of primary amides is 1. The van der Waals surface area contributed by atoms with Crippen molar-refractivity contribution in [2.75, 3.05) is 11.9 Å². The van der Waals surface area contributed by atoms with E-state index in [1.807, 2.05) is 54.6 Å². The summed E-state index contributed by atoms with van der Waals surface area (Å²) in [6.45, 7) is 0.102. The molecule has 1 aromatic heterocycles. The lowest BCUT2D eigenvalue weighted by Crippen LogP contribution is -2.49. The molecule has 0 spiro atoms. The topological polar surface area (TPSA) is 113 Å². The number of thiophene rings is 1. The highest BCUT2D eigenvalue weighted by atomic mass is 35.5. The van der Waals surface area contributed by atoms with Crippen LogP contribution in [0.25, 0.3) is 10.1 Å².